The molecule has 0 bridgehead atoms. The Morgan fingerprint density at radius 3 is 2.87 bits per heavy atom. The Bertz CT molecular complexity index is 209. The summed E-state index contributed by atoms with van der Waals surface area (Å²) in [6.07, 6.45) is 2.07. The molecule has 0 radical (unpaired) electrons. The van der Waals surface area contributed by atoms with Gasteiger partial charge in [0.15, 0.2) is 0 Å². The van der Waals surface area contributed by atoms with E-state index in [-0.39, 0.29) is 18.6 Å². The van der Waals surface area contributed by atoms with Crippen LogP contribution in [0.25, 0.3) is 0 Å². The average molecular weight is 214 g/mol. The lowest BCUT2D eigenvalue weighted by Crippen LogP contribution is -2.50. The van der Waals surface area contributed by atoms with Gasteiger partial charge in [-0.2, -0.15) is 0 Å². The van der Waals surface area contributed by atoms with E-state index in [1.165, 1.54) is 0 Å². The van der Waals surface area contributed by atoms with Gasteiger partial charge in [0.1, 0.15) is 0 Å². The van der Waals surface area contributed by atoms with E-state index < -0.39 is 0 Å². The Hall–Kier alpha value is -0.610. The van der Waals surface area contributed by atoms with Gasteiger partial charge >= 0.3 is 0 Å². The molecule has 1 fully saturated rings. The topological polar surface area (TPSA) is 52.6 Å². The molecule has 0 aromatic carbocycles. The van der Waals surface area contributed by atoms with Gasteiger partial charge in [0.05, 0.1) is 12.6 Å². The second-order valence-corrected chi connectivity index (χ2v) is 4.28. The van der Waals surface area contributed by atoms with Gasteiger partial charge in [0.25, 0.3) is 0 Å². The lowest BCUT2D eigenvalue weighted by molar-refractivity contribution is -0.134. The zero-order valence-corrected chi connectivity index (χ0v) is 9.70. The van der Waals surface area contributed by atoms with E-state index in [1.54, 1.807) is 4.90 Å². The van der Waals surface area contributed by atoms with Crippen molar-refractivity contribution in [3.8, 4) is 0 Å². The normalized spacial score (nSPS) is 26.3. The molecule has 15 heavy (non-hydrogen) atoms. The third-order valence-electron chi connectivity index (χ3n) is 3.03. The minimum Gasteiger partial charge on any atom is -0.395 e. The highest BCUT2D eigenvalue weighted by molar-refractivity contribution is 5.82. The van der Waals surface area contributed by atoms with Crippen molar-refractivity contribution >= 4 is 5.91 Å². The summed E-state index contributed by atoms with van der Waals surface area (Å²) in [5.41, 5.74) is 0. The summed E-state index contributed by atoms with van der Waals surface area (Å²) in [5.74, 6) is 0.756. The van der Waals surface area contributed by atoms with Crippen LogP contribution in [-0.4, -0.2) is 48.2 Å². The summed E-state index contributed by atoms with van der Waals surface area (Å²) in [7, 11) is 0. The summed E-state index contributed by atoms with van der Waals surface area (Å²) in [4.78, 5) is 13.7. The first kappa shape index (κ1) is 12.5. The number of aliphatic hydroxyl groups excluding tert-OH is 1. The molecule has 1 aliphatic heterocycles. The number of rotatable bonds is 4. The second kappa shape index (κ2) is 6.08. The highest BCUT2D eigenvalue weighted by Gasteiger charge is 2.27. The molecule has 2 N–H and O–H groups in total. The molecule has 88 valence electrons. The Balaban J connectivity index is 2.49. The maximum Gasteiger partial charge on any atom is 0.239 e. The van der Waals surface area contributed by atoms with Gasteiger partial charge in [-0.1, -0.05) is 6.92 Å². The lowest BCUT2D eigenvalue weighted by atomic mass is 9.93. The highest BCUT2D eigenvalue weighted by Crippen LogP contribution is 2.16. The molecule has 1 heterocycles. The van der Waals surface area contributed by atoms with Gasteiger partial charge in [-0.3, -0.25) is 4.79 Å². The molecule has 1 aliphatic rings. The van der Waals surface area contributed by atoms with Crippen molar-refractivity contribution in [3.05, 3.63) is 0 Å². The second-order valence-electron chi connectivity index (χ2n) is 4.28. The third-order valence-corrected chi connectivity index (χ3v) is 3.03. The van der Waals surface area contributed by atoms with Gasteiger partial charge in [-0.05, 0) is 32.2 Å². The molecule has 1 rings (SSSR count). The smallest absolute Gasteiger partial charge is 0.239 e. The van der Waals surface area contributed by atoms with Crippen molar-refractivity contribution in [2.75, 3.05) is 26.2 Å². The summed E-state index contributed by atoms with van der Waals surface area (Å²) in [5, 5.41) is 12.1. The van der Waals surface area contributed by atoms with Gasteiger partial charge in [0, 0.05) is 13.1 Å². The minimum absolute atomic E-state index is 0.0414. The van der Waals surface area contributed by atoms with Crippen molar-refractivity contribution in [3.63, 3.8) is 0 Å². The van der Waals surface area contributed by atoms with Gasteiger partial charge in [0.2, 0.25) is 5.91 Å². The summed E-state index contributed by atoms with van der Waals surface area (Å²) in [6.45, 7) is 6.22. The largest absolute Gasteiger partial charge is 0.395 e. The van der Waals surface area contributed by atoms with Crippen molar-refractivity contribution in [2.45, 2.75) is 32.7 Å². The number of nitrogens with zero attached hydrogens (tertiary/aromatic N) is 1. The molecule has 1 saturated heterocycles. The number of carbonyl (C=O) groups excluding carboxylic acids is 1. The van der Waals surface area contributed by atoms with E-state index in [0.29, 0.717) is 19.0 Å². The van der Waals surface area contributed by atoms with E-state index in [2.05, 4.69) is 12.2 Å². The molecule has 1 amide bonds. The van der Waals surface area contributed by atoms with Gasteiger partial charge in [-0.25, -0.2) is 0 Å². The fourth-order valence-electron chi connectivity index (χ4n) is 2.06. The van der Waals surface area contributed by atoms with E-state index >= 15 is 0 Å². The summed E-state index contributed by atoms with van der Waals surface area (Å²) >= 11 is 0. The van der Waals surface area contributed by atoms with E-state index in [4.69, 9.17) is 5.11 Å². The van der Waals surface area contributed by atoms with Crippen LogP contribution in [0.4, 0.5) is 0 Å². The number of amides is 1. The molecule has 4 heteroatoms. The highest BCUT2D eigenvalue weighted by atomic mass is 16.3. The van der Waals surface area contributed by atoms with Crippen molar-refractivity contribution in [2.24, 2.45) is 5.92 Å². The number of nitrogens with one attached hydrogen (secondary N) is 1. The van der Waals surface area contributed by atoms with Crippen LogP contribution in [0.5, 0.6) is 0 Å². The molecule has 4 nitrogen and oxygen atoms in total. The predicted molar refractivity (Wildman–Crippen MR) is 59.5 cm³/mol. The molecule has 0 saturated carbocycles. The van der Waals surface area contributed by atoms with Crippen LogP contribution in [0, 0.1) is 5.92 Å². The zero-order valence-electron chi connectivity index (χ0n) is 9.70. The number of hydrogen-bond donors (Lipinski definition) is 2. The van der Waals surface area contributed by atoms with Crippen LogP contribution in [0.1, 0.15) is 26.7 Å². The zero-order chi connectivity index (χ0) is 11.3. The molecule has 0 spiro atoms. The summed E-state index contributed by atoms with van der Waals surface area (Å²) < 4.78 is 0. The van der Waals surface area contributed by atoms with E-state index in [1.807, 2.05) is 6.92 Å². The van der Waals surface area contributed by atoms with Crippen LogP contribution in [0.15, 0.2) is 0 Å². The van der Waals surface area contributed by atoms with Crippen molar-refractivity contribution in [1.82, 2.24) is 10.2 Å². The minimum atomic E-state index is -0.0414. The number of likely N-dealkylation sites (N-methyl/N-ethyl adjacent to an activating group) is 1. The molecule has 0 aliphatic carbocycles. The van der Waals surface area contributed by atoms with Crippen molar-refractivity contribution < 1.29 is 9.90 Å². The third kappa shape index (κ3) is 3.47. The standard InChI is InChI=1S/C11H22N2O2/c1-3-13(6-7-14)11(15)10-8-9(2)4-5-12-10/h9-10,12,14H,3-8H2,1-2H3. The maximum atomic E-state index is 12.0. The van der Waals surface area contributed by atoms with Crippen LogP contribution in [0.2, 0.25) is 0 Å². The van der Waals surface area contributed by atoms with Gasteiger partial charge < -0.3 is 15.3 Å². The Labute approximate surface area is 91.6 Å². The Kier molecular flexibility index (Phi) is 5.05. The maximum absolute atomic E-state index is 12.0. The molecule has 2 atom stereocenters. The molecule has 2 unspecified atom stereocenters. The first-order valence-electron chi connectivity index (χ1n) is 5.82. The van der Waals surface area contributed by atoms with E-state index in [0.717, 1.165) is 19.4 Å². The van der Waals surface area contributed by atoms with E-state index in [9.17, 15) is 4.79 Å². The fraction of sp³-hybridized carbons (Fsp3) is 0.909. The Morgan fingerprint density at radius 1 is 1.60 bits per heavy atom. The van der Waals surface area contributed by atoms with Crippen molar-refractivity contribution in [1.29, 1.82) is 0 Å². The first-order chi connectivity index (χ1) is 7.19. The molecule has 0 aromatic rings. The number of carbonyl (C=O) groups is 1. The quantitative estimate of drug-likeness (QED) is 0.703. The number of aliphatic hydroxyl groups is 1. The average Bonchev–Trinajstić information content (AvgIpc) is 2.25. The van der Waals surface area contributed by atoms with Gasteiger partial charge in [-0.15, -0.1) is 0 Å². The lowest BCUT2D eigenvalue weighted by Gasteiger charge is -2.31. The monoisotopic (exact) mass is 214 g/mol. The molecular formula is C11H22N2O2. The van der Waals surface area contributed by atoms with Crippen LogP contribution < -0.4 is 5.32 Å². The predicted octanol–water partition coefficient (Wildman–Crippen LogP) is 0.215. The molecule has 0 aromatic heterocycles. The fourth-order valence-corrected chi connectivity index (χ4v) is 2.06. The number of hydrogen-bond acceptors (Lipinski definition) is 3. The first-order valence-corrected chi connectivity index (χ1v) is 5.82. The van der Waals surface area contributed by atoms with Crippen LogP contribution >= 0.6 is 0 Å². The van der Waals surface area contributed by atoms with Crippen LogP contribution in [-0.2, 0) is 4.79 Å². The van der Waals surface area contributed by atoms with Crippen LogP contribution in [0.3, 0.4) is 0 Å². The summed E-state index contributed by atoms with van der Waals surface area (Å²) in [6, 6.07) is -0.0414. The number of piperidine rings is 1. The SMILES string of the molecule is CCN(CCO)C(=O)C1CC(C)CCN1. The Morgan fingerprint density at radius 2 is 2.33 bits per heavy atom. The molecular weight excluding hydrogens is 192 g/mol.